The monoisotopic (exact) mass is 770 g/mol. The summed E-state index contributed by atoms with van der Waals surface area (Å²) < 4.78 is 6.72. The Morgan fingerprint density at radius 2 is 0.767 bits per heavy atom. The summed E-state index contributed by atoms with van der Waals surface area (Å²) in [4.78, 5) is 17.3. The highest BCUT2D eigenvalue weighted by atomic mass is 16.5. The average molecular weight is 771 g/mol. The third-order valence-electron chi connectivity index (χ3n) is 10.6. The van der Waals surface area contributed by atoms with Crippen molar-refractivity contribution < 1.29 is 4.74 Å². The van der Waals surface area contributed by atoms with Crippen LogP contribution in [0.25, 0.3) is 67.2 Å². The fourth-order valence-electron chi connectivity index (χ4n) is 7.71. The van der Waals surface area contributed by atoms with Gasteiger partial charge in [0.15, 0.2) is 17.5 Å². The average Bonchev–Trinajstić information content (AvgIpc) is 3.33. The summed E-state index contributed by atoms with van der Waals surface area (Å²) in [5.74, 6) is 3.43. The summed E-state index contributed by atoms with van der Waals surface area (Å²) in [6.45, 7) is 0. The highest BCUT2D eigenvalue weighted by Crippen LogP contribution is 2.40. The van der Waals surface area contributed by atoms with Crippen LogP contribution >= 0.6 is 0 Å². The van der Waals surface area contributed by atoms with Crippen LogP contribution in [0, 0.1) is 0 Å². The van der Waals surface area contributed by atoms with E-state index < -0.39 is 0 Å². The van der Waals surface area contributed by atoms with E-state index in [1.54, 1.807) is 0 Å². The fourth-order valence-corrected chi connectivity index (χ4v) is 7.71. The quantitative estimate of drug-likeness (QED) is 0.139. The van der Waals surface area contributed by atoms with E-state index in [-0.39, 0.29) is 0 Å². The molecule has 10 rings (SSSR count). The molecule has 0 saturated heterocycles. The van der Waals surface area contributed by atoms with E-state index in [1.165, 1.54) is 0 Å². The zero-order valence-electron chi connectivity index (χ0n) is 32.6. The van der Waals surface area contributed by atoms with Gasteiger partial charge in [0.1, 0.15) is 11.5 Å². The molecule has 5 nitrogen and oxygen atoms in total. The van der Waals surface area contributed by atoms with Crippen molar-refractivity contribution in [2.75, 3.05) is 4.90 Å². The van der Waals surface area contributed by atoms with Gasteiger partial charge in [-0.05, 0) is 88.1 Å². The molecule has 1 aromatic heterocycles. The number of nitrogens with zero attached hydrogens (tertiary/aromatic N) is 4. The highest BCUT2D eigenvalue weighted by Gasteiger charge is 2.17. The van der Waals surface area contributed by atoms with Crippen LogP contribution < -0.4 is 9.64 Å². The van der Waals surface area contributed by atoms with Crippen LogP contribution in [0.3, 0.4) is 0 Å². The van der Waals surface area contributed by atoms with Gasteiger partial charge in [0.05, 0.1) is 0 Å². The Kier molecular flexibility index (Phi) is 9.88. The lowest BCUT2D eigenvalue weighted by molar-refractivity contribution is 0.485. The van der Waals surface area contributed by atoms with E-state index in [0.717, 1.165) is 78.3 Å². The molecule has 9 aromatic carbocycles. The van der Waals surface area contributed by atoms with Gasteiger partial charge in [-0.3, -0.25) is 0 Å². The van der Waals surface area contributed by atoms with Crippen LogP contribution in [-0.4, -0.2) is 15.0 Å². The van der Waals surface area contributed by atoms with Crippen molar-refractivity contribution in [1.29, 1.82) is 0 Å². The second-order valence-electron chi connectivity index (χ2n) is 14.4. The number of rotatable bonds is 10. The molecule has 0 amide bonds. The molecular weight excluding hydrogens is 733 g/mol. The molecule has 0 aliphatic carbocycles. The maximum absolute atomic E-state index is 6.72. The second-order valence-corrected chi connectivity index (χ2v) is 14.4. The lowest BCUT2D eigenvalue weighted by atomic mass is 9.94. The predicted octanol–water partition coefficient (Wildman–Crippen LogP) is 14.6. The first-order valence-electron chi connectivity index (χ1n) is 20.0. The SMILES string of the molecule is c1ccc(-c2nc(-c3ccccc3)nc(-c3ccc(-c4cccc(Oc5ccccc5-c5ccc(N(c6ccccc6)c6ccccc6)cc5)c4)c4ccccc34)n2)cc1. The number of benzene rings is 9. The van der Waals surface area contributed by atoms with Crippen LogP contribution in [0.4, 0.5) is 17.1 Å². The van der Waals surface area contributed by atoms with Crippen molar-refractivity contribution in [2.45, 2.75) is 0 Å². The fraction of sp³-hybridized carbons (Fsp3) is 0. The number of anilines is 3. The Bertz CT molecular complexity index is 2950. The smallest absolute Gasteiger partial charge is 0.164 e. The van der Waals surface area contributed by atoms with Gasteiger partial charge in [0, 0.05) is 39.3 Å². The van der Waals surface area contributed by atoms with E-state index in [2.05, 4.69) is 144 Å². The number of para-hydroxylation sites is 3. The number of hydrogen-bond acceptors (Lipinski definition) is 5. The van der Waals surface area contributed by atoms with E-state index in [4.69, 9.17) is 19.7 Å². The number of aromatic nitrogens is 3. The molecule has 0 saturated carbocycles. The van der Waals surface area contributed by atoms with Crippen LogP contribution in [0.15, 0.2) is 231 Å². The van der Waals surface area contributed by atoms with Gasteiger partial charge in [0.25, 0.3) is 0 Å². The van der Waals surface area contributed by atoms with Crippen molar-refractivity contribution in [3.05, 3.63) is 231 Å². The van der Waals surface area contributed by atoms with Crippen LogP contribution in [0.2, 0.25) is 0 Å². The number of ether oxygens (including phenoxy) is 1. The topological polar surface area (TPSA) is 51.1 Å². The number of fused-ring (bicyclic) bond motifs is 1. The van der Waals surface area contributed by atoms with Crippen LogP contribution in [-0.2, 0) is 0 Å². The molecule has 0 aliphatic rings. The molecular formula is C55H38N4O. The minimum absolute atomic E-state index is 0.625. The van der Waals surface area contributed by atoms with Gasteiger partial charge in [-0.1, -0.05) is 170 Å². The first-order valence-corrected chi connectivity index (χ1v) is 20.0. The summed E-state index contributed by atoms with van der Waals surface area (Å²) in [5.41, 5.74) is 10.3. The summed E-state index contributed by atoms with van der Waals surface area (Å²) in [6, 6.07) is 79.0. The first kappa shape index (κ1) is 36.2. The molecule has 10 aromatic rings. The molecule has 0 radical (unpaired) electrons. The summed E-state index contributed by atoms with van der Waals surface area (Å²) in [5, 5.41) is 2.15. The maximum atomic E-state index is 6.72. The molecule has 0 spiro atoms. The van der Waals surface area contributed by atoms with Gasteiger partial charge in [-0.25, -0.2) is 15.0 Å². The van der Waals surface area contributed by atoms with Crippen LogP contribution in [0.5, 0.6) is 11.5 Å². The molecule has 0 N–H and O–H groups in total. The third kappa shape index (κ3) is 7.39. The summed E-state index contributed by atoms with van der Waals surface area (Å²) in [7, 11) is 0. The zero-order valence-corrected chi connectivity index (χ0v) is 32.6. The third-order valence-corrected chi connectivity index (χ3v) is 10.6. The molecule has 60 heavy (non-hydrogen) atoms. The van der Waals surface area contributed by atoms with Gasteiger partial charge in [-0.2, -0.15) is 0 Å². The molecule has 1 heterocycles. The van der Waals surface area contributed by atoms with E-state index in [0.29, 0.717) is 17.5 Å². The van der Waals surface area contributed by atoms with Crippen molar-refractivity contribution in [3.63, 3.8) is 0 Å². The molecule has 0 fully saturated rings. The first-order chi connectivity index (χ1) is 29.7. The van der Waals surface area contributed by atoms with E-state index in [9.17, 15) is 0 Å². The highest BCUT2D eigenvalue weighted by molar-refractivity contribution is 6.04. The van der Waals surface area contributed by atoms with Gasteiger partial charge < -0.3 is 9.64 Å². The van der Waals surface area contributed by atoms with Crippen LogP contribution in [0.1, 0.15) is 0 Å². The Morgan fingerprint density at radius 1 is 0.300 bits per heavy atom. The summed E-state index contributed by atoms with van der Waals surface area (Å²) in [6.07, 6.45) is 0. The Morgan fingerprint density at radius 3 is 1.38 bits per heavy atom. The van der Waals surface area contributed by atoms with Crippen molar-refractivity contribution in [2.24, 2.45) is 0 Å². The number of hydrogen-bond donors (Lipinski definition) is 0. The second kappa shape index (κ2) is 16.4. The minimum Gasteiger partial charge on any atom is -0.457 e. The Hall–Kier alpha value is -8.15. The largest absolute Gasteiger partial charge is 0.457 e. The van der Waals surface area contributed by atoms with E-state index >= 15 is 0 Å². The molecule has 0 unspecified atom stereocenters. The Labute approximate surface area is 349 Å². The van der Waals surface area contributed by atoms with Crippen molar-refractivity contribution in [1.82, 2.24) is 15.0 Å². The molecule has 0 atom stereocenters. The van der Waals surface area contributed by atoms with E-state index in [1.807, 2.05) is 91.0 Å². The van der Waals surface area contributed by atoms with Gasteiger partial charge in [0.2, 0.25) is 0 Å². The standard InChI is InChI=1S/C55H38N4O/c1-5-18-40(19-6-1)53-56-54(41-20-7-2-8-21-41)58-55(57-53)51-37-36-47(49-29-13-14-30-50(49)51)42-22-17-27-46(38-42)60-52-31-16-15-28-48(52)39-32-34-45(35-33-39)59(43-23-9-3-10-24-43)44-25-11-4-12-26-44/h1-38H. The maximum Gasteiger partial charge on any atom is 0.164 e. The molecule has 5 heteroatoms. The lowest BCUT2D eigenvalue weighted by Crippen LogP contribution is -2.09. The lowest BCUT2D eigenvalue weighted by Gasteiger charge is -2.25. The summed E-state index contributed by atoms with van der Waals surface area (Å²) >= 11 is 0. The predicted molar refractivity (Wildman–Crippen MR) is 246 cm³/mol. The van der Waals surface area contributed by atoms with Crippen molar-refractivity contribution >= 4 is 27.8 Å². The molecule has 284 valence electrons. The van der Waals surface area contributed by atoms with Gasteiger partial charge in [-0.15, -0.1) is 0 Å². The zero-order chi connectivity index (χ0) is 40.1. The minimum atomic E-state index is 0.625. The van der Waals surface area contributed by atoms with Gasteiger partial charge >= 0.3 is 0 Å². The molecule has 0 aliphatic heterocycles. The Balaban J connectivity index is 0.978. The normalized spacial score (nSPS) is 11.0. The molecule has 0 bridgehead atoms. The van der Waals surface area contributed by atoms with Crippen molar-refractivity contribution in [3.8, 4) is 67.9 Å².